The highest BCUT2D eigenvalue weighted by Gasteiger charge is 2.12. The largest absolute Gasteiger partial charge is 0.326 e. The number of anilines is 1. The van der Waals surface area contributed by atoms with Crippen LogP contribution in [-0.2, 0) is 11.2 Å². The molecule has 2 aromatic carbocycles. The normalized spacial score (nSPS) is 11.3. The van der Waals surface area contributed by atoms with Gasteiger partial charge < -0.3 is 5.32 Å². The van der Waals surface area contributed by atoms with Crippen molar-refractivity contribution in [2.24, 2.45) is 0 Å². The summed E-state index contributed by atoms with van der Waals surface area (Å²) in [7, 11) is 0. The highest BCUT2D eigenvalue weighted by Crippen LogP contribution is 2.26. The van der Waals surface area contributed by atoms with Gasteiger partial charge in [0.1, 0.15) is 0 Å². The average Bonchev–Trinajstić information content (AvgIpc) is 2.89. The van der Waals surface area contributed by atoms with Gasteiger partial charge in [0.05, 0.1) is 10.2 Å². The molecule has 0 atom stereocenters. The van der Waals surface area contributed by atoms with E-state index < -0.39 is 0 Å². The minimum Gasteiger partial charge on any atom is -0.326 e. The van der Waals surface area contributed by atoms with E-state index in [0.717, 1.165) is 15.8 Å². The number of carbonyl (C=O) groups excluding carboxylic acids is 1. The number of nitrogens with one attached hydrogen (secondary N) is 1. The summed E-state index contributed by atoms with van der Waals surface area (Å²) in [5, 5.41) is 3.99. The summed E-state index contributed by atoms with van der Waals surface area (Å²) in [6, 6.07) is 10.9. The number of amides is 1. The lowest BCUT2D eigenvalue weighted by molar-refractivity contribution is -0.116. The van der Waals surface area contributed by atoms with Gasteiger partial charge in [0.25, 0.3) is 0 Å². The zero-order valence-corrected chi connectivity index (χ0v) is 16.7. The van der Waals surface area contributed by atoms with Gasteiger partial charge in [0.2, 0.25) is 5.91 Å². The first-order chi connectivity index (χ1) is 12.4. The van der Waals surface area contributed by atoms with Crippen LogP contribution in [0.4, 0.5) is 5.69 Å². The van der Waals surface area contributed by atoms with E-state index in [9.17, 15) is 9.59 Å². The first-order valence-corrected chi connectivity index (χ1v) is 9.82. The van der Waals surface area contributed by atoms with Crippen LogP contribution in [0.2, 0.25) is 10.0 Å². The molecule has 0 aliphatic carbocycles. The Kier molecular flexibility index (Phi) is 5.70. The molecule has 0 aliphatic rings. The summed E-state index contributed by atoms with van der Waals surface area (Å²) in [5.41, 5.74) is 2.33. The van der Waals surface area contributed by atoms with E-state index in [4.69, 9.17) is 23.2 Å². The lowest BCUT2D eigenvalue weighted by Gasteiger charge is -2.09. The van der Waals surface area contributed by atoms with E-state index in [1.54, 1.807) is 22.8 Å². The van der Waals surface area contributed by atoms with E-state index in [2.05, 4.69) is 5.32 Å². The van der Waals surface area contributed by atoms with Crippen molar-refractivity contribution >= 4 is 56.3 Å². The van der Waals surface area contributed by atoms with E-state index in [1.165, 1.54) is 11.3 Å². The smallest absolute Gasteiger partial charge is 0.308 e. The monoisotopic (exact) mass is 408 g/mol. The third-order valence-corrected chi connectivity index (χ3v) is 5.70. The van der Waals surface area contributed by atoms with Crippen molar-refractivity contribution in [1.82, 2.24) is 4.57 Å². The number of nitrogens with zero attached hydrogens (tertiary/aromatic N) is 1. The number of carbonyl (C=O) groups is 1. The maximum Gasteiger partial charge on any atom is 0.308 e. The average molecular weight is 409 g/mol. The van der Waals surface area contributed by atoms with Crippen LogP contribution < -0.4 is 10.2 Å². The molecule has 0 fully saturated rings. The van der Waals surface area contributed by atoms with Crippen molar-refractivity contribution in [2.45, 2.75) is 32.7 Å². The van der Waals surface area contributed by atoms with Crippen molar-refractivity contribution in [3.05, 3.63) is 61.7 Å². The summed E-state index contributed by atoms with van der Waals surface area (Å²) in [6.45, 7) is 3.95. The second kappa shape index (κ2) is 7.82. The summed E-state index contributed by atoms with van der Waals surface area (Å²) in [6.07, 6.45) is 0.731. The molecule has 3 aromatic rings. The Bertz CT molecular complexity index is 1000. The molecule has 136 valence electrons. The Balaban J connectivity index is 1.72. The Morgan fingerprint density at radius 3 is 2.54 bits per heavy atom. The van der Waals surface area contributed by atoms with Gasteiger partial charge in [-0.15, -0.1) is 0 Å². The SMILES string of the molecule is CC(C)n1c(=O)sc2cc(NC(=O)CCc3c(Cl)cccc3Cl)ccc21. The third kappa shape index (κ3) is 3.95. The van der Waals surface area contributed by atoms with Crippen LogP contribution in [0.25, 0.3) is 10.2 Å². The molecule has 0 bridgehead atoms. The first-order valence-electron chi connectivity index (χ1n) is 8.24. The van der Waals surface area contributed by atoms with Crippen LogP contribution in [0.1, 0.15) is 31.9 Å². The molecule has 0 saturated carbocycles. The van der Waals surface area contributed by atoms with Crippen LogP contribution in [0.3, 0.4) is 0 Å². The highest BCUT2D eigenvalue weighted by molar-refractivity contribution is 7.16. The number of halogens is 2. The summed E-state index contributed by atoms with van der Waals surface area (Å²) < 4.78 is 2.61. The van der Waals surface area contributed by atoms with Crippen LogP contribution in [0.15, 0.2) is 41.2 Å². The van der Waals surface area contributed by atoms with E-state index in [-0.39, 0.29) is 23.2 Å². The van der Waals surface area contributed by atoms with E-state index in [0.29, 0.717) is 22.2 Å². The van der Waals surface area contributed by atoms with Gasteiger partial charge >= 0.3 is 4.87 Å². The minimum atomic E-state index is -0.129. The lowest BCUT2D eigenvalue weighted by Crippen LogP contribution is -2.14. The fourth-order valence-corrected chi connectivity index (χ4v) is 4.48. The number of thiazole rings is 1. The molecule has 7 heteroatoms. The summed E-state index contributed by atoms with van der Waals surface area (Å²) in [4.78, 5) is 24.4. The van der Waals surface area contributed by atoms with Crippen molar-refractivity contribution in [1.29, 1.82) is 0 Å². The molecule has 4 nitrogen and oxygen atoms in total. The molecule has 0 spiro atoms. The number of benzene rings is 2. The summed E-state index contributed by atoms with van der Waals surface area (Å²) >= 11 is 13.5. The third-order valence-electron chi connectivity index (χ3n) is 4.08. The molecule has 1 heterocycles. The number of hydrogen-bond acceptors (Lipinski definition) is 3. The van der Waals surface area contributed by atoms with Gasteiger partial charge in [-0.05, 0) is 56.2 Å². The van der Waals surface area contributed by atoms with Gasteiger partial charge in [-0.3, -0.25) is 14.2 Å². The zero-order valence-electron chi connectivity index (χ0n) is 14.4. The topological polar surface area (TPSA) is 51.1 Å². The van der Waals surface area contributed by atoms with Crippen LogP contribution in [0.5, 0.6) is 0 Å². The maximum atomic E-state index is 12.3. The fraction of sp³-hybridized carbons (Fsp3) is 0.263. The van der Waals surface area contributed by atoms with Crippen LogP contribution >= 0.6 is 34.5 Å². The lowest BCUT2D eigenvalue weighted by atomic mass is 10.1. The molecule has 0 unspecified atom stereocenters. The maximum absolute atomic E-state index is 12.3. The van der Waals surface area contributed by atoms with Gasteiger partial charge in [0, 0.05) is 28.2 Å². The molecular formula is C19H18Cl2N2O2S. The van der Waals surface area contributed by atoms with Crippen molar-refractivity contribution in [3.8, 4) is 0 Å². The van der Waals surface area contributed by atoms with Gasteiger partial charge in [-0.1, -0.05) is 40.6 Å². The van der Waals surface area contributed by atoms with Crippen LogP contribution in [-0.4, -0.2) is 10.5 Å². The number of rotatable bonds is 5. The molecule has 1 amide bonds. The standard InChI is InChI=1S/C19H18Cl2N2O2S/c1-11(2)23-16-8-6-12(10-17(16)26-19(23)25)22-18(24)9-7-13-14(20)4-3-5-15(13)21/h3-6,8,10-11H,7,9H2,1-2H3,(H,22,24). The fourth-order valence-electron chi connectivity index (χ4n) is 2.84. The molecule has 1 N–H and O–H groups in total. The Morgan fingerprint density at radius 2 is 1.88 bits per heavy atom. The molecule has 26 heavy (non-hydrogen) atoms. The Hall–Kier alpha value is -1.82. The van der Waals surface area contributed by atoms with Gasteiger partial charge in [0.15, 0.2) is 0 Å². The van der Waals surface area contributed by atoms with Crippen molar-refractivity contribution < 1.29 is 4.79 Å². The van der Waals surface area contributed by atoms with E-state index >= 15 is 0 Å². The zero-order chi connectivity index (χ0) is 18.8. The van der Waals surface area contributed by atoms with Crippen molar-refractivity contribution in [3.63, 3.8) is 0 Å². The molecule has 0 aliphatic heterocycles. The predicted molar refractivity (Wildman–Crippen MR) is 110 cm³/mol. The molecule has 0 radical (unpaired) electrons. The Morgan fingerprint density at radius 1 is 1.19 bits per heavy atom. The highest BCUT2D eigenvalue weighted by atomic mass is 35.5. The molecular weight excluding hydrogens is 391 g/mol. The minimum absolute atomic E-state index is 0.00633. The quantitative estimate of drug-likeness (QED) is 0.603. The molecule has 0 saturated heterocycles. The number of fused-ring (bicyclic) bond motifs is 1. The predicted octanol–water partition coefficient (Wildman–Crippen LogP) is 5.52. The van der Waals surface area contributed by atoms with Crippen LogP contribution in [0, 0.1) is 0 Å². The second-order valence-corrected chi connectivity index (χ2v) is 8.07. The second-order valence-electron chi connectivity index (χ2n) is 6.26. The number of aromatic nitrogens is 1. The first kappa shape index (κ1) is 19.0. The van der Waals surface area contributed by atoms with E-state index in [1.807, 2.05) is 32.0 Å². The molecule has 3 rings (SSSR count). The summed E-state index contributed by atoms with van der Waals surface area (Å²) in [5.74, 6) is -0.129. The Labute approximate surface area is 165 Å². The molecule has 1 aromatic heterocycles. The van der Waals surface area contributed by atoms with Gasteiger partial charge in [-0.2, -0.15) is 0 Å². The van der Waals surface area contributed by atoms with Gasteiger partial charge in [-0.25, -0.2) is 0 Å². The van der Waals surface area contributed by atoms with Crippen molar-refractivity contribution in [2.75, 3.05) is 5.32 Å². The number of hydrogen-bond donors (Lipinski definition) is 1.